The molecule has 0 aromatic carbocycles. The number of hydrogen-bond acceptors (Lipinski definition) is 3. The van der Waals surface area contributed by atoms with E-state index in [1.54, 1.807) is 6.92 Å². The van der Waals surface area contributed by atoms with Gasteiger partial charge in [0.2, 0.25) is 11.7 Å². The molecule has 2 fully saturated rings. The van der Waals surface area contributed by atoms with E-state index in [-0.39, 0.29) is 11.4 Å². The third-order valence-electron chi connectivity index (χ3n) is 2.92. The Bertz CT molecular complexity index is 290. The van der Waals surface area contributed by atoms with Crippen molar-refractivity contribution in [1.29, 1.82) is 0 Å². The molecule has 0 radical (unpaired) electrons. The molecular formula is C10H19NO3S. The normalized spacial score (nSPS) is 32.5. The zero-order valence-electron chi connectivity index (χ0n) is 9.99. The number of hydrogen-bond donors (Lipinski definition) is 0. The van der Waals surface area contributed by atoms with Crippen LogP contribution in [0.1, 0.15) is 27.2 Å². The molecule has 2 aliphatic rings. The van der Waals surface area contributed by atoms with Crippen molar-refractivity contribution in [2.75, 3.05) is 18.3 Å². The minimum atomic E-state index is -1.14. The second-order valence-corrected chi connectivity index (χ2v) is 9.12. The second kappa shape index (κ2) is 2.90. The molecule has 1 amide bonds. The predicted octanol–water partition coefficient (Wildman–Crippen LogP) is 1.65. The molecule has 2 heterocycles. The Morgan fingerprint density at radius 2 is 1.87 bits per heavy atom. The average molecular weight is 233 g/mol. The molecular weight excluding hydrogens is 214 g/mol. The molecule has 0 N–H and O–H groups in total. The highest BCUT2D eigenvalue weighted by molar-refractivity contribution is 8.31. The first-order valence-electron chi connectivity index (χ1n) is 5.07. The van der Waals surface area contributed by atoms with Crippen molar-refractivity contribution < 1.29 is 14.6 Å². The summed E-state index contributed by atoms with van der Waals surface area (Å²) in [4.78, 5) is 22.0. The second-order valence-electron chi connectivity index (χ2n) is 5.50. The summed E-state index contributed by atoms with van der Waals surface area (Å²) in [5, 5.41) is 0. The van der Waals surface area contributed by atoms with Crippen LogP contribution in [0.2, 0.25) is 0 Å². The molecule has 0 atom stereocenters. The summed E-state index contributed by atoms with van der Waals surface area (Å²) < 4.78 is 2.02. The highest BCUT2D eigenvalue weighted by Crippen LogP contribution is 2.61. The molecule has 2 aliphatic heterocycles. The van der Waals surface area contributed by atoms with Crippen LogP contribution < -0.4 is 0 Å². The Kier molecular flexibility index (Phi) is 2.17. The summed E-state index contributed by atoms with van der Waals surface area (Å²) in [6, 6.07) is 0. The van der Waals surface area contributed by atoms with Gasteiger partial charge in [-0.1, -0.05) is 0 Å². The van der Waals surface area contributed by atoms with Crippen LogP contribution in [0, 0.1) is 0 Å². The fraction of sp³-hybridized carbons (Fsp3) is 0.900. The highest BCUT2D eigenvalue weighted by Gasteiger charge is 2.61. The van der Waals surface area contributed by atoms with Crippen molar-refractivity contribution in [2.45, 2.75) is 38.5 Å². The predicted molar refractivity (Wildman–Crippen MR) is 60.4 cm³/mol. The lowest BCUT2D eigenvalue weighted by atomic mass is 9.95. The smallest absolute Gasteiger partial charge is 0.245 e. The Hall–Kier alpha value is -0.260. The lowest BCUT2D eigenvalue weighted by molar-refractivity contribution is -0.128. The van der Waals surface area contributed by atoms with Gasteiger partial charge < -0.3 is 0 Å². The Balaban J connectivity index is 2.33. The number of rotatable bonds is 0. The molecule has 15 heavy (non-hydrogen) atoms. The number of carbonyl (C=O) groups excluding carboxylic acids is 1. The van der Waals surface area contributed by atoms with E-state index >= 15 is 0 Å². The molecule has 2 saturated heterocycles. The van der Waals surface area contributed by atoms with Gasteiger partial charge in [0, 0.05) is 13.3 Å². The van der Waals surface area contributed by atoms with Crippen LogP contribution in [0.4, 0.5) is 0 Å². The van der Waals surface area contributed by atoms with Gasteiger partial charge in [0.25, 0.3) is 0 Å². The van der Waals surface area contributed by atoms with E-state index < -0.39 is 16.0 Å². The first-order chi connectivity index (χ1) is 6.69. The Morgan fingerprint density at radius 3 is 2.20 bits per heavy atom. The highest BCUT2D eigenvalue weighted by atomic mass is 32.3. The van der Waals surface area contributed by atoms with E-state index in [9.17, 15) is 4.79 Å². The third kappa shape index (κ3) is 1.77. The average Bonchev–Trinajstić information content (AvgIpc) is 2.59. The lowest BCUT2D eigenvalue weighted by Gasteiger charge is -2.56. The molecule has 0 bridgehead atoms. The van der Waals surface area contributed by atoms with E-state index in [0.717, 1.165) is 12.2 Å². The van der Waals surface area contributed by atoms with Gasteiger partial charge in [-0.3, -0.25) is 9.10 Å². The molecule has 1 spiro atoms. The van der Waals surface area contributed by atoms with E-state index in [1.807, 2.05) is 4.31 Å². The van der Waals surface area contributed by atoms with Gasteiger partial charge in [-0.15, -0.1) is 0 Å². The van der Waals surface area contributed by atoms with Crippen molar-refractivity contribution in [2.24, 2.45) is 0 Å². The van der Waals surface area contributed by atoms with Gasteiger partial charge in [-0.05, 0) is 26.4 Å². The molecule has 88 valence electrons. The number of nitrogens with zero attached hydrogens (tertiary/aromatic N) is 1. The molecule has 5 heteroatoms. The molecule has 0 aromatic rings. The van der Waals surface area contributed by atoms with Gasteiger partial charge in [0.1, 0.15) is 0 Å². The topological polar surface area (TPSA) is 45.4 Å². The fourth-order valence-electron chi connectivity index (χ4n) is 2.99. The zero-order valence-corrected chi connectivity index (χ0v) is 10.8. The quantitative estimate of drug-likeness (QED) is 0.472. The summed E-state index contributed by atoms with van der Waals surface area (Å²) in [5.41, 5.74) is -0.181. The van der Waals surface area contributed by atoms with Crippen LogP contribution in [-0.2, 0) is 14.6 Å². The van der Waals surface area contributed by atoms with Crippen molar-refractivity contribution >= 4 is 16.1 Å². The lowest BCUT2D eigenvalue weighted by Crippen LogP contribution is -2.56. The SMILES string of the molecule is CC(=O)N1C(C)(C)CC2(CS1(C)C)OO2. The van der Waals surface area contributed by atoms with Gasteiger partial charge in [-0.2, -0.15) is 20.0 Å². The minimum absolute atomic E-state index is 0.149. The molecule has 0 saturated carbocycles. The maximum Gasteiger partial charge on any atom is 0.245 e. The Labute approximate surface area is 92.3 Å². The monoisotopic (exact) mass is 233 g/mol. The summed E-state index contributed by atoms with van der Waals surface area (Å²) in [6.07, 6.45) is 5.04. The van der Waals surface area contributed by atoms with E-state index in [1.165, 1.54) is 0 Å². The van der Waals surface area contributed by atoms with Crippen LogP contribution in [-0.4, -0.2) is 39.8 Å². The van der Waals surface area contributed by atoms with Crippen LogP contribution in [0.3, 0.4) is 0 Å². The maximum atomic E-state index is 11.7. The summed E-state index contributed by atoms with van der Waals surface area (Å²) in [6.45, 7) is 5.80. The van der Waals surface area contributed by atoms with Crippen LogP contribution in [0.15, 0.2) is 0 Å². The van der Waals surface area contributed by atoms with Crippen LogP contribution in [0.25, 0.3) is 0 Å². The van der Waals surface area contributed by atoms with E-state index in [0.29, 0.717) is 0 Å². The molecule has 0 aliphatic carbocycles. The van der Waals surface area contributed by atoms with Crippen molar-refractivity contribution in [3.05, 3.63) is 0 Å². The Morgan fingerprint density at radius 1 is 1.33 bits per heavy atom. The van der Waals surface area contributed by atoms with Gasteiger partial charge in [0.05, 0.1) is 11.3 Å². The minimum Gasteiger partial charge on any atom is -0.300 e. The van der Waals surface area contributed by atoms with Crippen LogP contribution >= 0.6 is 10.2 Å². The summed E-state index contributed by atoms with van der Waals surface area (Å²) >= 11 is 0. The molecule has 4 nitrogen and oxygen atoms in total. The fourth-order valence-corrected chi connectivity index (χ4v) is 6.50. The summed E-state index contributed by atoms with van der Waals surface area (Å²) in [5.74, 6) is 0.576. The zero-order chi connectivity index (χ0) is 11.5. The third-order valence-corrected chi connectivity index (χ3v) is 5.81. The summed E-state index contributed by atoms with van der Waals surface area (Å²) in [7, 11) is -1.14. The molecule has 0 aromatic heterocycles. The van der Waals surface area contributed by atoms with Crippen molar-refractivity contribution in [3.8, 4) is 0 Å². The largest absolute Gasteiger partial charge is 0.300 e. The first kappa shape index (κ1) is 11.2. The van der Waals surface area contributed by atoms with Gasteiger partial charge in [-0.25, -0.2) is 0 Å². The molecule has 0 unspecified atom stereocenters. The molecule has 2 rings (SSSR count). The van der Waals surface area contributed by atoms with Crippen LogP contribution in [0.5, 0.6) is 0 Å². The maximum absolute atomic E-state index is 11.7. The van der Waals surface area contributed by atoms with E-state index in [2.05, 4.69) is 26.4 Å². The van der Waals surface area contributed by atoms with E-state index in [4.69, 9.17) is 9.78 Å². The standard InChI is InChI=1S/C10H19NO3S/c1-8(12)11-9(2,3)6-10(13-14-10)7-15(11,4)5/h6-7H2,1-5H3. The van der Waals surface area contributed by atoms with Gasteiger partial charge >= 0.3 is 0 Å². The number of amides is 1. The number of carbonyl (C=O) groups is 1. The van der Waals surface area contributed by atoms with Crippen molar-refractivity contribution in [1.82, 2.24) is 4.31 Å². The van der Waals surface area contributed by atoms with Gasteiger partial charge in [0.15, 0.2) is 0 Å². The first-order valence-corrected chi connectivity index (χ1v) is 7.65. The van der Waals surface area contributed by atoms with Crippen molar-refractivity contribution in [3.63, 3.8) is 0 Å².